The molecule has 20 heavy (non-hydrogen) atoms. The largest absolute Gasteiger partial charge is 0.444 e. The second-order valence-electron chi connectivity index (χ2n) is 5.34. The molecule has 1 unspecified atom stereocenters. The van der Waals surface area contributed by atoms with Crippen molar-refractivity contribution in [2.75, 3.05) is 24.7 Å². The summed E-state index contributed by atoms with van der Waals surface area (Å²) in [7, 11) is 0. The Morgan fingerprint density at radius 3 is 2.50 bits per heavy atom. The van der Waals surface area contributed by atoms with Crippen molar-refractivity contribution in [3.8, 4) is 0 Å². The van der Waals surface area contributed by atoms with Crippen LogP contribution in [0.3, 0.4) is 0 Å². The molecule has 0 fully saturated rings. The molecular weight excluding hydrogens is 280 g/mol. The summed E-state index contributed by atoms with van der Waals surface area (Å²) in [5, 5.41) is 14.3. The number of alkyl carbamates (subject to hydrolysis) is 1. The minimum Gasteiger partial charge on any atom is -0.444 e. The lowest BCUT2D eigenvalue weighted by Crippen LogP contribution is -2.38. The lowest BCUT2D eigenvalue weighted by molar-refractivity contribution is -0.119. The highest BCUT2D eigenvalue weighted by Crippen LogP contribution is 2.06. The van der Waals surface area contributed by atoms with E-state index in [-0.39, 0.29) is 18.6 Å². The fourth-order valence-electron chi connectivity index (χ4n) is 1.25. The first-order chi connectivity index (χ1) is 9.28. The average Bonchev–Trinajstić information content (AvgIpc) is 2.33. The molecule has 0 rings (SSSR count). The summed E-state index contributed by atoms with van der Waals surface area (Å²) in [6, 6.07) is -0.178. The Morgan fingerprint density at radius 2 is 2.00 bits per heavy atom. The van der Waals surface area contributed by atoms with Gasteiger partial charge in [0, 0.05) is 12.3 Å². The van der Waals surface area contributed by atoms with Crippen molar-refractivity contribution >= 4 is 23.8 Å². The van der Waals surface area contributed by atoms with Crippen LogP contribution in [-0.2, 0) is 9.53 Å². The van der Waals surface area contributed by atoms with E-state index in [0.717, 1.165) is 0 Å². The van der Waals surface area contributed by atoms with Gasteiger partial charge in [0.05, 0.1) is 18.4 Å². The number of hydrogen-bond donors (Lipinski definition) is 3. The lowest BCUT2D eigenvalue weighted by atomic mass is 10.2. The van der Waals surface area contributed by atoms with E-state index in [2.05, 4.69) is 10.6 Å². The second-order valence-corrected chi connectivity index (χ2v) is 6.44. The number of hydrogen-bond acceptors (Lipinski definition) is 5. The summed E-state index contributed by atoms with van der Waals surface area (Å²) in [6.07, 6.45) is 0.251. The van der Waals surface area contributed by atoms with Gasteiger partial charge in [-0.1, -0.05) is 6.92 Å². The van der Waals surface area contributed by atoms with Crippen molar-refractivity contribution in [3.05, 3.63) is 0 Å². The average molecular weight is 306 g/mol. The van der Waals surface area contributed by atoms with Crippen LogP contribution in [0.1, 0.15) is 34.1 Å². The Balaban J connectivity index is 3.62. The van der Waals surface area contributed by atoms with Gasteiger partial charge in [-0.15, -0.1) is 0 Å². The predicted molar refractivity (Wildman–Crippen MR) is 80.9 cm³/mol. The van der Waals surface area contributed by atoms with Gasteiger partial charge in [-0.2, -0.15) is 11.8 Å². The third-order valence-electron chi connectivity index (χ3n) is 2.23. The fraction of sp³-hybridized carbons (Fsp3) is 0.846. The normalized spacial score (nSPS) is 12.7. The minimum atomic E-state index is -0.503. The molecule has 7 heteroatoms. The fourth-order valence-corrected chi connectivity index (χ4v) is 1.91. The van der Waals surface area contributed by atoms with Crippen LogP contribution < -0.4 is 10.6 Å². The molecule has 2 amide bonds. The summed E-state index contributed by atoms with van der Waals surface area (Å²) in [6.45, 7) is 7.71. The molecule has 0 aromatic rings. The van der Waals surface area contributed by atoms with Crippen LogP contribution in [0.5, 0.6) is 0 Å². The third-order valence-corrected chi connectivity index (χ3v) is 3.19. The van der Waals surface area contributed by atoms with Crippen molar-refractivity contribution in [1.82, 2.24) is 10.6 Å². The smallest absolute Gasteiger partial charge is 0.407 e. The van der Waals surface area contributed by atoms with E-state index in [0.29, 0.717) is 24.5 Å². The molecule has 0 bridgehead atoms. The van der Waals surface area contributed by atoms with Crippen LogP contribution in [0, 0.1) is 0 Å². The molecule has 0 heterocycles. The van der Waals surface area contributed by atoms with Gasteiger partial charge in [-0.25, -0.2) is 4.79 Å². The Bertz CT molecular complexity index is 301. The summed E-state index contributed by atoms with van der Waals surface area (Å²) < 4.78 is 5.08. The first-order valence-electron chi connectivity index (χ1n) is 6.73. The van der Waals surface area contributed by atoms with E-state index in [1.807, 2.05) is 6.92 Å². The number of nitrogens with one attached hydrogen (secondary N) is 2. The van der Waals surface area contributed by atoms with Crippen LogP contribution >= 0.6 is 11.8 Å². The summed E-state index contributed by atoms with van der Waals surface area (Å²) >= 11 is 1.42. The zero-order valence-corrected chi connectivity index (χ0v) is 13.5. The molecule has 0 aromatic carbocycles. The summed E-state index contributed by atoms with van der Waals surface area (Å²) in [4.78, 5) is 22.8. The number of amides is 2. The molecule has 0 spiro atoms. The maximum absolute atomic E-state index is 11.5. The molecule has 0 aromatic heterocycles. The number of carbonyl (C=O) groups excluding carboxylic acids is 2. The maximum atomic E-state index is 11.5. The highest BCUT2D eigenvalue weighted by atomic mass is 32.2. The molecule has 3 N–H and O–H groups in total. The Kier molecular flexibility index (Phi) is 9.41. The van der Waals surface area contributed by atoms with E-state index < -0.39 is 11.7 Å². The van der Waals surface area contributed by atoms with E-state index >= 15 is 0 Å². The van der Waals surface area contributed by atoms with E-state index in [1.165, 1.54) is 11.8 Å². The predicted octanol–water partition coefficient (Wildman–Crippen LogP) is 1.13. The van der Waals surface area contributed by atoms with Crippen molar-refractivity contribution < 1.29 is 19.4 Å². The van der Waals surface area contributed by atoms with Crippen LogP contribution in [0.4, 0.5) is 4.79 Å². The van der Waals surface area contributed by atoms with Gasteiger partial charge < -0.3 is 20.5 Å². The van der Waals surface area contributed by atoms with E-state index in [4.69, 9.17) is 9.84 Å². The molecule has 0 aliphatic heterocycles. The van der Waals surface area contributed by atoms with Gasteiger partial charge in [-0.3, -0.25) is 4.79 Å². The summed E-state index contributed by atoms with van der Waals surface area (Å²) in [5.41, 5.74) is -0.503. The zero-order valence-electron chi connectivity index (χ0n) is 12.7. The third kappa shape index (κ3) is 10.9. The van der Waals surface area contributed by atoms with E-state index in [1.54, 1.807) is 20.8 Å². The van der Waals surface area contributed by atoms with Crippen molar-refractivity contribution in [2.24, 2.45) is 0 Å². The molecule has 118 valence electrons. The van der Waals surface area contributed by atoms with Gasteiger partial charge in [0.25, 0.3) is 0 Å². The van der Waals surface area contributed by atoms with Gasteiger partial charge in [-0.05, 0) is 27.2 Å². The minimum absolute atomic E-state index is 0.0485. The molecule has 0 aliphatic rings. The summed E-state index contributed by atoms with van der Waals surface area (Å²) in [5.74, 6) is 0.836. The molecule has 6 nitrogen and oxygen atoms in total. The topological polar surface area (TPSA) is 87.7 Å². The number of ether oxygens (including phenoxy) is 1. The number of carbonyl (C=O) groups is 2. The zero-order chi connectivity index (χ0) is 15.6. The number of aliphatic hydroxyl groups is 1. The highest BCUT2D eigenvalue weighted by molar-refractivity contribution is 7.99. The standard InChI is InChI=1S/C13H26N2O4S/c1-5-10(8-16)15-11(17)9-20-7-6-14-12(18)19-13(2,3)4/h10,16H,5-9H2,1-4H3,(H,14,18)(H,15,17). The first-order valence-corrected chi connectivity index (χ1v) is 7.88. The lowest BCUT2D eigenvalue weighted by Gasteiger charge is -2.19. The van der Waals surface area contributed by atoms with Gasteiger partial charge in [0.15, 0.2) is 0 Å². The molecule has 0 saturated heterocycles. The van der Waals surface area contributed by atoms with Gasteiger partial charge in [0.2, 0.25) is 5.91 Å². The number of thioether (sulfide) groups is 1. The maximum Gasteiger partial charge on any atom is 0.407 e. The molecule has 1 atom stereocenters. The molecule has 0 saturated carbocycles. The van der Waals surface area contributed by atoms with Crippen molar-refractivity contribution in [2.45, 2.75) is 45.8 Å². The van der Waals surface area contributed by atoms with Crippen LogP contribution in [-0.4, -0.2) is 53.4 Å². The van der Waals surface area contributed by atoms with E-state index in [9.17, 15) is 9.59 Å². The monoisotopic (exact) mass is 306 g/mol. The molecular formula is C13H26N2O4S. The first kappa shape index (κ1) is 19.1. The SMILES string of the molecule is CCC(CO)NC(=O)CSCCNC(=O)OC(C)(C)C. The van der Waals surface area contributed by atoms with Crippen molar-refractivity contribution in [1.29, 1.82) is 0 Å². The Labute approximate surface area is 125 Å². The number of rotatable bonds is 8. The number of aliphatic hydroxyl groups excluding tert-OH is 1. The van der Waals surface area contributed by atoms with Crippen LogP contribution in [0.2, 0.25) is 0 Å². The van der Waals surface area contributed by atoms with Gasteiger partial charge in [0.1, 0.15) is 5.60 Å². The second kappa shape index (κ2) is 9.88. The Morgan fingerprint density at radius 1 is 1.35 bits per heavy atom. The van der Waals surface area contributed by atoms with Gasteiger partial charge >= 0.3 is 6.09 Å². The van der Waals surface area contributed by atoms with Crippen LogP contribution in [0.15, 0.2) is 0 Å². The molecule has 0 radical (unpaired) electrons. The quantitative estimate of drug-likeness (QED) is 0.585. The van der Waals surface area contributed by atoms with Crippen molar-refractivity contribution in [3.63, 3.8) is 0 Å². The van der Waals surface area contributed by atoms with Crippen LogP contribution in [0.25, 0.3) is 0 Å². The highest BCUT2D eigenvalue weighted by Gasteiger charge is 2.15. The Hall–Kier alpha value is -0.950. The molecule has 0 aliphatic carbocycles.